The van der Waals surface area contributed by atoms with Gasteiger partial charge in [0.1, 0.15) is 0 Å². The van der Waals surface area contributed by atoms with E-state index in [0.717, 1.165) is 58.2 Å². The van der Waals surface area contributed by atoms with Crippen LogP contribution in [0, 0.1) is 5.41 Å². The molecule has 19 heavy (non-hydrogen) atoms. The van der Waals surface area contributed by atoms with Gasteiger partial charge in [-0.1, -0.05) is 26.2 Å². The fourth-order valence-corrected chi connectivity index (χ4v) is 3.66. The molecule has 0 aromatic rings. The van der Waals surface area contributed by atoms with Gasteiger partial charge in [-0.05, 0) is 32.2 Å². The molecule has 2 N–H and O–H groups in total. The highest BCUT2D eigenvalue weighted by Gasteiger charge is 2.44. The van der Waals surface area contributed by atoms with Crippen LogP contribution in [0.3, 0.4) is 0 Å². The van der Waals surface area contributed by atoms with E-state index in [4.69, 9.17) is 0 Å². The van der Waals surface area contributed by atoms with E-state index in [1.807, 2.05) is 4.90 Å². The van der Waals surface area contributed by atoms with E-state index >= 15 is 0 Å². The van der Waals surface area contributed by atoms with Gasteiger partial charge in [0.2, 0.25) is 5.91 Å². The Kier molecular flexibility index (Phi) is 5.22. The quantitative estimate of drug-likeness (QED) is 0.813. The van der Waals surface area contributed by atoms with E-state index in [9.17, 15) is 9.90 Å². The van der Waals surface area contributed by atoms with Crippen LogP contribution in [0.25, 0.3) is 0 Å². The summed E-state index contributed by atoms with van der Waals surface area (Å²) in [6.07, 6.45) is 7.32. The van der Waals surface area contributed by atoms with Crippen LogP contribution in [0.4, 0.5) is 0 Å². The largest absolute Gasteiger partial charge is 0.394 e. The summed E-state index contributed by atoms with van der Waals surface area (Å²) >= 11 is 0. The normalized spacial score (nSPS) is 32.3. The molecule has 0 aliphatic carbocycles. The van der Waals surface area contributed by atoms with Gasteiger partial charge in [0.05, 0.1) is 18.1 Å². The predicted octanol–water partition coefficient (Wildman–Crippen LogP) is 1.53. The molecular weight excluding hydrogens is 240 g/mol. The third-order valence-corrected chi connectivity index (χ3v) is 4.77. The van der Waals surface area contributed by atoms with Gasteiger partial charge in [-0.15, -0.1) is 0 Å². The molecule has 0 aromatic carbocycles. The molecule has 2 rings (SSSR count). The SMILES string of the molecule is CCCC1(C(=O)N2CCCCCC2CO)CCNC1. The Morgan fingerprint density at radius 2 is 2.26 bits per heavy atom. The van der Waals surface area contributed by atoms with Crippen LogP contribution in [-0.4, -0.2) is 48.2 Å². The highest BCUT2D eigenvalue weighted by molar-refractivity contribution is 5.83. The molecular formula is C15H28N2O2. The van der Waals surface area contributed by atoms with E-state index in [-0.39, 0.29) is 18.1 Å². The summed E-state index contributed by atoms with van der Waals surface area (Å²) in [6, 6.07) is 0.0457. The summed E-state index contributed by atoms with van der Waals surface area (Å²) in [5.41, 5.74) is -0.202. The van der Waals surface area contributed by atoms with Crippen LogP contribution in [0.5, 0.6) is 0 Å². The zero-order valence-electron chi connectivity index (χ0n) is 12.2. The first-order valence-electron chi connectivity index (χ1n) is 7.86. The van der Waals surface area contributed by atoms with Gasteiger partial charge in [-0.3, -0.25) is 4.79 Å². The molecule has 0 radical (unpaired) electrons. The van der Waals surface area contributed by atoms with Crippen molar-refractivity contribution in [2.45, 2.75) is 57.9 Å². The molecule has 0 saturated carbocycles. The van der Waals surface area contributed by atoms with Crippen molar-refractivity contribution < 1.29 is 9.90 Å². The number of rotatable bonds is 4. The summed E-state index contributed by atoms with van der Waals surface area (Å²) in [5.74, 6) is 0.292. The molecule has 2 aliphatic rings. The number of aliphatic hydroxyl groups excluding tert-OH is 1. The van der Waals surface area contributed by atoms with Crippen LogP contribution in [0.2, 0.25) is 0 Å². The van der Waals surface area contributed by atoms with E-state index in [0.29, 0.717) is 5.91 Å². The molecule has 110 valence electrons. The predicted molar refractivity (Wildman–Crippen MR) is 75.9 cm³/mol. The highest BCUT2D eigenvalue weighted by Crippen LogP contribution is 2.35. The van der Waals surface area contributed by atoms with Crippen molar-refractivity contribution in [3.05, 3.63) is 0 Å². The van der Waals surface area contributed by atoms with Crippen molar-refractivity contribution in [2.75, 3.05) is 26.2 Å². The van der Waals surface area contributed by atoms with Crippen molar-refractivity contribution >= 4 is 5.91 Å². The molecule has 2 fully saturated rings. The summed E-state index contributed by atoms with van der Waals surface area (Å²) in [6.45, 7) is 4.86. The maximum atomic E-state index is 13.0. The van der Waals surface area contributed by atoms with E-state index in [1.54, 1.807) is 0 Å². The lowest BCUT2D eigenvalue weighted by molar-refractivity contribution is -0.145. The van der Waals surface area contributed by atoms with Crippen LogP contribution >= 0.6 is 0 Å². The lowest BCUT2D eigenvalue weighted by Crippen LogP contribution is -2.50. The lowest BCUT2D eigenvalue weighted by Gasteiger charge is -2.37. The summed E-state index contributed by atoms with van der Waals surface area (Å²) < 4.78 is 0. The Balaban J connectivity index is 2.14. The Bertz CT molecular complexity index is 301. The Morgan fingerprint density at radius 3 is 2.89 bits per heavy atom. The van der Waals surface area contributed by atoms with Gasteiger partial charge in [0, 0.05) is 13.1 Å². The van der Waals surface area contributed by atoms with Crippen molar-refractivity contribution in [2.24, 2.45) is 5.41 Å². The van der Waals surface area contributed by atoms with Crippen molar-refractivity contribution in [1.29, 1.82) is 0 Å². The van der Waals surface area contributed by atoms with E-state index in [1.165, 1.54) is 6.42 Å². The van der Waals surface area contributed by atoms with Gasteiger partial charge in [0.25, 0.3) is 0 Å². The smallest absolute Gasteiger partial charge is 0.230 e. The summed E-state index contributed by atoms with van der Waals surface area (Å²) in [5, 5.41) is 12.9. The maximum absolute atomic E-state index is 13.0. The number of carbonyl (C=O) groups excluding carboxylic acids is 1. The van der Waals surface area contributed by atoms with Gasteiger partial charge < -0.3 is 15.3 Å². The molecule has 2 unspecified atom stereocenters. The van der Waals surface area contributed by atoms with Crippen molar-refractivity contribution in [3.63, 3.8) is 0 Å². The molecule has 2 atom stereocenters. The second-order valence-electron chi connectivity index (χ2n) is 6.14. The molecule has 2 aliphatic heterocycles. The first-order chi connectivity index (χ1) is 9.23. The minimum absolute atomic E-state index is 0.0457. The number of aliphatic hydroxyl groups is 1. The second-order valence-corrected chi connectivity index (χ2v) is 6.14. The average Bonchev–Trinajstić information content (AvgIpc) is 2.76. The van der Waals surface area contributed by atoms with Crippen LogP contribution in [0.15, 0.2) is 0 Å². The van der Waals surface area contributed by atoms with Crippen LogP contribution < -0.4 is 5.32 Å². The second kappa shape index (κ2) is 6.71. The van der Waals surface area contributed by atoms with E-state index < -0.39 is 0 Å². The van der Waals surface area contributed by atoms with Crippen LogP contribution in [-0.2, 0) is 4.79 Å². The van der Waals surface area contributed by atoms with Gasteiger partial charge in [-0.25, -0.2) is 0 Å². The zero-order chi connectivity index (χ0) is 13.7. The number of hydrogen-bond donors (Lipinski definition) is 2. The number of nitrogens with zero attached hydrogens (tertiary/aromatic N) is 1. The molecule has 0 spiro atoms. The molecule has 1 amide bonds. The first-order valence-corrected chi connectivity index (χ1v) is 7.86. The monoisotopic (exact) mass is 268 g/mol. The third kappa shape index (κ3) is 3.11. The topological polar surface area (TPSA) is 52.6 Å². The Labute approximate surface area is 116 Å². The maximum Gasteiger partial charge on any atom is 0.230 e. The van der Waals surface area contributed by atoms with Crippen molar-refractivity contribution in [1.82, 2.24) is 10.2 Å². The molecule has 2 saturated heterocycles. The Hall–Kier alpha value is -0.610. The molecule has 0 bridgehead atoms. The summed E-state index contributed by atoms with van der Waals surface area (Å²) in [7, 11) is 0. The number of amides is 1. The first kappa shape index (κ1) is 14.8. The molecule has 2 heterocycles. The minimum Gasteiger partial charge on any atom is -0.394 e. The number of nitrogens with one attached hydrogen (secondary N) is 1. The minimum atomic E-state index is -0.202. The highest BCUT2D eigenvalue weighted by atomic mass is 16.3. The molecule has 4 nitrogen and oxygen atoms in total. The summed E-state index contributed by atoms with van der Waals surface area (Å²) in [4.78, 5) is 15.0. The zero-order valence-corrected chi connectivity index (χ0v) is 12.2. The van der Waals surface area contributed by atoms with Gasteiger partial charge in [0.15, 0.2) is 0 Å². The number of hydrogen-bond acceptors (Lipinski definition) is 3. The number of likely N-dealkylation sites (tertiary alicyclic amines) is 1. The van der Waals surface area contributed by atoms with Crippen molar-refractivity contribution in [3.8, 4) is 0 Å². The number of carbonyl (C=O) groups is 1. The lowest BCUT2D eigenvalue weighted by atomic mass is 9.80. The fraction of sp³-hybridized carbons (Fsp3) is 0.933. The third-order valence-electron chi connectivity index (χ3n) is 4.77. The molecule has 4 heteroatoms. The van der Waals surface area contributed by atoms with E-state index in [2.05, 4.69) is 12.2 Å². The Morgan fingerprint density at radius 1 is 1.42 bits per heavy atom. The van der Waals surface area contributed by atoms with Gasteiger partial charge in [-0.2, -0.15) is 0 Å². The van der Waals surface area contributed by atoms with Gasteiger partial charge >= 0.3 is 0 Å². The fourth-order valence-electron chi connectivity index (χ4n) is 3.66. The van der Waals surface area contributed by atoms with Crippen LogP contribution in [0.1, 0.15) is 51.9 Å². The molecule has 0 aromatic heterocycles. The standard InChI is InChI=1S/C15H28N2O2/c1-2-7-15(8-9-16-12-15)14(19)17-10-5-3-4-6-13(17)11-18/h13,16,18H,2-12H2,1H3. The average molecular weight is 268 g/mol.